The van der Waals surface area contributed by atoms with Gasteiger partial charge in [-0.05, 0) is 49.8 Å². The van der Waals surface area contributed by atoms with Gasteiger partial charge in [-0.2, -0.15) is 0 Å². The molecule has 3 rings (SSSR count). The highest BCUT2D eigenvalue weighted by molar-refractivity contribution is 6.30. The Kier molecular flexibility index (Phi) is 7.02. The van der Waals surface area contributed by atoms with E-state index >= 15 is 0 Å². The molecule has 5 heteroatoms. The van der Waals surface area contributed by atoms with Crippen LogP contribution in [0, 0.1) is 12.3 Å². The molecule has 0 spiro atoms. The van der Waals surface area contributed by atoms with Crippen molar-refractivity contribution >= 4 is 23.4 Å². The van der Waals surface area contributed by atoms with E-state index in [0.717, 1.165) is 37.7 Å². The first-order chi connectivity index (χ1) is 13.5. The fourth-order valence-electron chi connectivity index (χ4n) is 4.58. The van der Waals surface area contributed by atoms with Gasteiger partial charge in [-0.3, -0.25) is 9.59 Å². The van der Waals surface area contributed by atoms with E-state index in [0.29, 0.717) is 37.3 Å². The van der Waals surface area contributed by atoms with E-state index in [1.54, 1.807) is 0 Å². The molecule has 150 valence electrons. The highest BCUT2D eigenvalue weighted by Gasteiger charge is 2.38. The van der Waals surface area contributed by atoms with Gasteiger partial charge in [0.1, 0.15) is 0 Å². The van der Waals surface area contributed by atoms with Crippen LogP contribution < -0.4 is 5.32 Å². The summed E-state index contributed by atoms with van der Waals surface area (Å²) < 4.78 is 0. The molecular formula is C23H29ClN2O2. The molecule has 0 unspecified atom stereocenters. The summed E-state index contributed by atoms with van der Waals surface area (Å²) in [6.45, 7) is 0.375. The molecule has 1 aromatic carbocycles. The van der Waals surface area contributed by atoms with Gasteiger partial charge in [-0.25, -0.2) is 0 Å². The summed E-state index contributed by atoms with van der Waals surface area (Å²) in [5, 5.41) is 3.85. The molecule has 2 aliphatic rings. The van der Waals surface area contributed by atoms with E-state index in [1.165, 1.54) is 6.42 Å². The van der Waals surface area contributed by atoms with E-state index in [1.807, 2.05) is 29.2 Å². The molecule has 1 N–H and O–H groups in total. The third-order valence-electron chi connectivity index (χ3n) is 6.11. The Morgan fingerprint density at radius 3 is 2.57 bits per heavy atom. The Hall–Kier alpha value is -1.99. The number of carbonyl (C=O) groups is 2. The average molecular weight is 401 g/mol. The first-order valence-electron chi connectivity index (χ1n) is 10.3. The van der Waals surface area contributed by atoms with Crippen molar-refractivity contribution in [3.8, 4) is 12.3 Å². The molecule has 0 bridgehead atoms. The van der Waals surface area contributed by atoms with Crippen LogP contribution in [-0.4, -0.2) is 34.8 Å². The maximum absolute atomic E-state index is 13.0. The molecule has 2 fully saturated rings. The Bertz CT molecular complexity index is 734. The zero-order valence-corrected chi connectivity index (χ0v) is 17.1. The number of amides is 2. The summed E-state index contributed by atoms with van der Waals surface area (Å²) in [6.07, 6.45) is 14.2. The lowest BCUT2D eigenvalue weighted by molar-refractivity contribution is -0.134. The van der Waals surface area contributed by atoms with Gasteiger partial charge in [-0.1, -0.05) is 48.9 Å². The van der Waals surface area contributed by atoms with Crippen LogP contribution >= 0.6 is 11.6 Å². The van der Waals surface area contributed by atoms with Crippen LogP contribution in [0.1, 0.15) is 63.4 Å². The molecular weight excluding hydrogens is 372 g/mol. The quantitative estimate of drug-likeness (QED) is 0.700. The predicted octanol–water partition coefficient (Wildman–Crippen LogP) is 4.11. The van der Waals surface area contributed by atoms with E-state index in [4.69, 9.17) is 18.0 Å². The molecule has 1 saturated carbocycles. The van der Waals surface area contributed by atoms with Gasteiger partial charge in [-0.15, -0.1) is 6.42 Å². The van der Waals surface area contributed by atoms with Crippen LogP contribution in [-0.2, 0) is 16.0 Å². The van der Waals surface area contributed by atoms with Crippen LogP contribution in [0.4, 0.5) is 0 Å². The second-order valence-electron chi connectivity index (χ2n) is 8.15. The maximum atomic E-state index is 13.0. The van der Waals surface area contributed by atoms with E-state index in [2.05, 4.69) is 11.2 Å². The summed E-state index contributed by atoms with van der Waals surface area (Å²) in [6, 6.07) is 7.98. The van der Waals surface area contributed by atoms with Gasteiger partial charge >= 0.3 is 0 Å². The predicted molar refractivity (Wildman–Crippen MR) is 112 cm³/mol. The third kappa shape index (κ3) is 5.29. The number of hydrogen-bond acceptors (Lipinski definition) is 2. The second kappa shape index (κ2) is 9.47. The minimum atomic E-state index is -0.366. The van der Waals surface area contributed by atoms with Gasteiger partial charge in [0.25, 0.3) is 0 Å². The molecule has 1 aromatic rings. The Labute approximate surface area is 173 Å². The highest BCUT2D eigenvalue weighted by Crippen LogP contribution is 2.31. The second-order valence-corrected chi connectivity index (χ2v) is 8.59. The van der Waals surface area contributed by atoms with Gasteiger partial charge in [0.2, 0.25) is 11.8 Å². The van der Waals surface area contributed by atoms with Crippen molar-refractivity contribution in [1.29, 1.82) is 0 Å². The monoisotopic (exact) mass is 400 g/mol. The number of nitrogens with one attached hydrogen (secondary N) is 1. The van der Waals surface area contributed by atoms with Crippen molar-refractivity contribution in [2.24, 2.45) is 0 Å². The lowest BCUT2D eigenvalue weighted by atomic mass is 9.84. The fraction of sp³-hybridized carbons (Fsp3) is 0.565. The van der Waals surface area contributed by atoms with Crippen molar-refractivity contribution in [3.63, 3.8) is 0 Å². The molecule has 1 saturated heterocycles. The lowest BCUT2D eigenvalue weighted by Gasteiger charge is -2.35. The van der Waals surface area contributed by atoms with Crippen LogP contribution in [0.25, 0.3) is 0 Å². The highest BCUT2D eigenvalue weighted by atomic mass is 35.5. The molecule has 0 radical (unpaired) electrons. The maximum Gasteiger partial charge on any atom is 0.223 e. The number of terminal acetylenes is 1. The summed E-state index contributed by atoms with van der Waals surface area (Å²) >= 11 is 5.99. The van der Waals surface area contributed by atoms with Crippen LogP contribution in [0.5, 0.6) is 0 Å². The Morgan fingerprint density at radius 1 is 1.25 bits per heavy atom. The van der Waals surface area contributed by atoms with Crippen LogP contribution in [0.3, 0.4) is 0 Å². The molecule has 1 atom stereocenters. The third-order valence-corrected chi connectivity index (χ3v) is 6.36. The summed E-state index contributed by atoms with van der Waals surface area (Å²) in [7, 11) is 0. The fourth-order valence-corrected chi connectivity index (χ4v) is 4.70. The first-order valence-corrected chi connectivity index (χ1v) is 10.7. The number of hydrogen-bond donors (Lipinski definition) is 1. The van der Waals surface area contributed by atoms with Gasteiger partial charge in [0.15, 0.2) is 0 Å². The normalized spacial score (nSPS) is 22.5. The topological polar surface area (TPSA) is 49.4 Å². The minimum Gasteiger partial charge on any atom is -0.350 e. The van der Waals surface area contributed by atoms with E-state index < -0.39 is 0 Å². The Balaban J connectivity index is 1.66. The molecule has 28 heavy (non-hydrogen) atoms. The standard InChI is InChI=1S/C23H29ClN2O2/c1-2-16-26(20-6-4-3-5-7-20)22(28)13-15-23(14-12-21(27)25-23)17-18-8-10-19(24)11-9-18/h1,8-11,20H,3-7,12-17H2,(H,25,27)/t23-/m0/s1. The van der Waals surface area contributed by atoms with Crippen LogP contribution in [0.15, 0.2) is 24.3 Å². The van der Waals surface area contributed by atoms with Crippen molar-refractivity contribution in [2.75, 3.05) is 6.54 Å². The lowest BCUT2D eigenvalue weighted by Crippen LogP contribution is -2.46. The zero-order valence-electron chi connectivity index (χ0n) is 16.4. The SMILES string of the molecule is C#CCN(C(=O)CC[C@]1(Cc2ccc(Cl)cc2)CCC(=O)N1)C1CCCCC1. The summed E-state index contributed by atoms with van der Waals surface area (Å²) in [5.41, 5.74) is 0.751. The van der Waals surface area contributed by atoms with Crippen molar-refractivity contribution in [3.05, 3.63) is 34.9 Å². The number of carbonyl (C=O) groups excluding carboxylic acids is 2. The molecule has 1 aliphatic heterocycles. The van der Waals surface area contributed by atoms with Crippen LogP contribution in [0.2, 0.25) is 5.02 Å². The summed E-state index contributed by atoms with van der Waals surface area (Å²) in [4.78, 5) is 26.9. The van der Waals surface area contributed by atoms with Crippen molar-refractivity contribution < 1.29 is 9.59 Å². The Morgan fingerprint density at radius 2 is 1.96 bits per heavy atom. The van der Waals surface area contributed by atoms with Gasteiger partial charge in [0.05, 0.1) is 6.54 Å². The van der Waals surface area contributed by atoms with E-state index in [9.17, 15) is 9.59 Å². The number of halogens is 1. The number of nitrogens with zero attached hydrogens (tertiary/aromatic N) is 1. The van der Waals surface area contributed by atoms with Crippen molar-refractivity contribution in [1.82, 2.24) is 10.2 Å². The first kappa shape index (κ1) is 20.7. The largest absolute Gasteiger partial charge is 0.350 e. The van der Waals surface area contributed by atoms with Gasteiger partial charge < -0.3 is 10.2 Å². The molecule has 1 aliphatic carbocycles. The smallest absolute Gasteiger partial charge is 0.223 e. The molecule has 1 heterocycles. The van der Waals surface area contributed by atoms with Gasteiger partial charge in [0, 0.05) is 29.4 Å². The van der Waals surface area contributed by atoms with E-state index in [-0.39, 0.29) is 23.4 Å². The summed E-state index contributed by atoms with van der Waals surface area (Å²) in [5.74, 6) is 2.84. The van der Waals surface area contributed by atoms with Crippen molar-refractivity contribution in [2.45, 2.75) is 75.8 Å². The number of rotatable bonds is 7. The molecule has 0 aromatic heterocycles. The minimum absolute atomic E-state index is 0.0641. The zero-order chi connectivity index (χ0) is 20.0. The average Bonchev–Trinajstić information content (AvgIpc) is 3.07. The molecule has 2 amide bonds. The molecule has 4 nitrogen and oxygen atoms in total. The number of benzene rings is 1.